The summed E-state index contributed by atoms with van der Waals surface area (Å²) in [6.45, 7) is 3.49. The number of halogens is 1. The number of hydrogen-bond donors (Lipinski definition) is 1. The Bertz CT molecular complexity index is 1010. The molecule has 0 saturated heterocycles. The highest BCUT2D eigenvalue weighted by atomic mass is 35.5. The predicted octanol–water partition coefficient (Wildman–Crippen LogP) is 4.08. The Kier molecular flexibility index (Phi) is 4.76. The number of carbonyl (C=O) groups excluding carboxylic acids is 1. The third kappa shape index (κ3) is 3.83. The van der Waals surface area contributed by atoms with Gasteiger partial charge in [-0.2, -0.15) is 0 Å². The maximum Gasteiger partial charge on any atom is 0.336 e. The van der Waals surface area contributed by atoms with Crippen molar-refractivity contribution in [3.63, 3.8) is 0 Å². The van der Waals surface area contributed by atoms with Gasteiger partial charge in [-0.25, -0.2) is 4.79 Å². The molecule has 0 aliphatic rings. The lowest BCUT2D eigenvalue weighted by Crippen LogP contribution is -2.20. The normalized spacial score (nSPS) is 10.7. The van der Waals surface area contributed by atoms with Gasteiger partial charge in [0.25, 0.3) is 5.91 Å². The van der Waals surface area contributed by atoms with Crippen LogP contribution in [0.2, 0.25) is 5.02 Å². The SMILES string of the molecule is Cc1c(Cl)cccc1NC(=O)COc1ccc2c(C)cc(=O)oc2c1. The predicted molar refractivity (Wildman–Crippen MR) is 97.5 cm³/mol. The number of hydrogen-bond acceptors (Lipinski definition) is 4. The van der Waals surface area contributed by atoms with E-state index in [2.05, 4.69) is 5.32 Å². The average Bonchev–Trinajstić information content (AvgIpc) is 2.56. The standard InChI is InChI=1S/C19H16ClNO4/c1-11-8-19(23)25-17-9-13(6-7-14(11)17)24-10-18(22)21-16-5-3-4-15(20)12(16)2/h3-9H,10H2,1-2H3,(H,21,22). The summed E-state index contributed by atoms with van der Waals surface area (Å²) in [5, 5.41) is 4.16. The Hall–Kier alpha value is -2.79. The molecule has 0 unspecified atom stereocenters. The first-order valence-corrected chi connectivity index (χ1v) is 8.04. The Morgan fingerprint density at radius 3 is 2.80 bits per heavy atom. The van der Waals surface area contributed by atoms with Gasteiger partial charge in [-0.3, -0.25) is 4.79 Å². The van der Waals surface area contributed by atoms with Crippen LogP contribution in [0.1, 0.15) is 11.1 Å². The maximum atomic E-state index is 12.1. The molecule has 0 saturated carbocycles. The van der Waals surface area contributed by atoms with Crippen molar-refractivity contribution in [2.75, 3.05) is 11.9 Å². The minimum atomic E-state index is -0.420. The van der Waals surface area contributed by atoms with E-state index in [1.54, 1.807) is 36.4 Å². The van der Waals surface area contributed by atoms with E-state index < -0.39 is 5.63 Å². The third-order valence-electron chi connectivity index (χ3n) is 3.83. The fourth-order valence-corrected chi connectivity index (χ4v) is 2.65. The van der Waals surface area contributed by atoms with Crippen molar-refractivity contribution in [2.45, 2.75) is 13.8 Å². The van der Waals surface area contributed by atoms with Crippen molar-refractivity contribution in [3.8, 4) is 5.75 Å². The summed E-state index contributed by atoms with van der Waals surface area (Å²) in [5.74, 6) is 0.135. The van der Waals surface area contributed by atoms with Gasteiger partial charge in [0.1, 0.15) is 11.3 Å². The molecule has 6 heteroatoms. The van der Waals surface area contributed by atoms with Crippen LogP contribution >= 0.6 is 11.6 Å². The lowest BCUT2D eigenvalue weighted by Gasteiger charge is -2.11. The van der Waals surface area contributed by atoms with E-state index in [1.165, 1.54) is 6.07 Å². The second-order valence-electron chi connectivity index (χ2n) is 5.66. The maximum absolute atomic E-state index is 12.1. The highest BCUT2D eigenvalue weighted by Crippen LogP contribution is 2.24. The third-order valence-corrected chi connectivity index (χ3v) is 4.24. The summed E-state index contributed by atoms with van der Waals surface area (Å²) < 4.78 is 10.7. The zero-order chi connectivity index (χ0) is 18.0. The second kappa shape index (κ2) is 6.99. The highest BCUT2D eigenvalue weighted by molar-refractivity contribution is 6.31. The Balaban J connectivity index is 1.71. The van der Waals surface area contributed by atoms with E-state index >= 15 is 0 Å². The molecule has 5 nitrogen and oxygen atoms in total. The molecule has 1 aromatic heterocycles. The molecule has 1 amide bonds. The van der Waals surface area contributed by atoms with Crippen LogP contribution in [0.5, 0.6) is 5.75 Å². The van der Waals surface area contributed by atoms with E-state index in [4.69, 9.17) is 20.8 Å². The van der Waals surface area contributed by atoms with Gasteiger partial charge in [0.05, 0.1) is 0 Å². The van der Waals surface area contributed by atoms with Crippen molar-refractivity contribution in [2.24, 2.45) is 0 Å². The quantitative estimate of drug-likeness (QED) is 0.714. The number of amides is 1. The van der Waals surface area contributed by atoms with Crippen LogP contribution in [-0.4, -0.2) is 12.5 Å². The molecule has 1 heterocycles. The summed E-state index contributed by atoms with van der Waals surface area (Å²) in [5.41, 5.74) is 2.26. The van der Waals surface area contributed by atoms with E-state index in [-0.39, 0.29) is 12.5 Å². The summed E-state index contributed by atoms with van der Waals surface area (Å²) in [4.78, 5) is 23.5. The van der Waals surface area contributed by atoms with Gasteiger partial charge >= 0.3 is 5.63 Å². The fourth-order valence-electron chi connectivity index (χ4n) is 2.47. The van der Waals surface area contributed by atoms with Crippen LogP contribution in [0.4, 0.5) is 5.69 Å². The number of anilines is 1. The lowest BCUT2D eigenvalue weighted by molar-refractivity contribution is -0.118. The number of fused-ring (bicyclic) bond motifs is 1. The first-order chi connectivity index (χ1) is 11.9. The van der Waals surface area contributed by atoms with Crippen molar-refractivity contribution >= 4 is 34.2 Å². The molecule has 3 rings (SSSR count). The lowest BCUT2D eigenvalue weighted by atomic mass is 10.1. The summed E-state index contributed by atoms with van der Waals surface area (Å²) in [7, 11) is 0. The molecule has 25 heavy (non-hydrogen) atoms. The van der Waals surface area contributed by atoms with E-state index in [0.717, 1.165) is 16.5 Å². The van der Waals surface area contributed by atoms with E-state index in [1.807, 2.05) is 13.8 Å². The van der Waals surface area contributed by atoms with E-state index in [0.29, 0.717) is 22.0 Å². The van der Waals surface area contributed by atoms with Gasteiger partial charge in [0.2, 0.25) is 0 Å². The monoisotopic (exact) mass is 357 g/mol. The van der Waals surface area contributed by atoms with Crippen LogP contribution in [0.3, 0.4) is 0 Å². The Morgan fingerprint density at radius 1 is 1.20 bits per heavy atom. The van der Waals surface area contributed by atoms with Gasteiger partial charge < -0.3 is 14.5 Å². The summed E-state index contributed by atoms with van der Waals surface area (Å²) in [6.07, 6.45) is 0. The average molecular weight is 358 g/mol. The number of ether oxygens (including phenoxy) is 1. The molecule has 2 aromatic carbocycles. The zero-order valence-corrected chi connectivity index (χ0v) is 14.5. The minimum absolute atomic E-state index is 0.173. The molecule has 0 aliphatic carbocycles. The zero-order valence-electron chi connectivity index (χ0n) is 13.8. The van der Waals surface area contributed by atoms with E-state index in [9.17, 15) is 9.59 Å². The molecule has 0 bridgehead atoms. The number of carbonyl (C=O) groups is 1. The van der Waals surface area contributed by atoms with Gasteiger partial charge in [-0.1, -0.05) is 17.7 Å². The Morgan fingerprint density at radius 2 is 2.00 bits per heavy atom. The smallest absolute Gasteiger partial charge is 0.336 e. The van der Waals surface area contributed by atoms with Crippen LogP contribution in [0, 0.1) is 13.8 Å². The molecular formula is C19H16ClNO4. The molecule has 128 valence electrons. The number of aryl methyl sites for hydroxylation is 1. The van der Waals surface area contributed by atoms with Crippen molar-refractivity contribution in [3.05, 3.63) is 69.0 Å². The number of benzene rings is 2. The van der Waals surface area contributed by atoms with Gasteiger partial charge in [-0.15, -0.1) is 0 Å². The molecular weight excluding hydrogens is 342 g/mol. The van der Waals surface area contributed by atoms with Crippen LogP contribution in [0.25, 0.3) is 11.0 Å². The van der Waals surface area contributed by atoms with Crippen LogP contribution in [0.15, 0.2) is 51.7 Å². The molecule has 1 N–H and O–H groups in total. The fraction of sp³-hybridized carbons (Fsp3) is 0.158. The molecule has 0 atom stereocenters. The summed E-state index contributed by atoms with van der Waals surface area (Å²) >= 11 is 6.03. The summed E-state index contributed by atoms with van der Waals surface area (Å²) in [6, 6.07) is 11.8. The van der Waals surface area contributed by atoms with Crippen molar-refractivity contribution in [1.29, 1.82) is 0 Å². The molecule has 3 aromatic rings. The Labute approximate surface area is 149 Å². The molecule has 0 radical (unpaired) electrons. The van der Waals surface area contributed by atoms with Gasteiger partial charge in [-0.05, 0) is 49.2 Å². The first-order valence-electron chi connectivity index (χ1n) is 7.66. The highest BCUT2D eigenvalue weighted by Gasteiger charge is 2.09. The minimum Gasteiger partial charge on any atom is -0.484 e. The first kappa shape index (κ1) is 17.0. The van der Waals surface area contributed by atoms with Crippen LogP contribution in [-0.2, 0) is 4.79 Å². The largest absolute Gasteiger partial charge is 0.484 e. The van der Waals surface area contributed by atoms with Crippen LogP contribution < -0.4 is 15.7 Å². The van der Waals surface area contributed by atoms with Gasteiger partial charge in [0, 0.05) is 28.2 Å². The van der Waals surface area contributed by atoms with Crippen molar-refractivity contribution < 1.29 is 13.9 Å². The van der Waals surface area contributed by atoms with Gasteiger partial charge in [0.15, 0.2) is 6.61 Å². The molecule has 0 spiro atoms. The van der Waals surface area contributed by atoms with Crippen molar-refractivity contribution in [1.82, 2.24) is 0 Å². The molecule has 0 aliphatic heterocycles. The number of rotatable bonds is 4. The number of nitrogens with one attached hydrogen (secondary N) is 1. The molecule has 0 fully saturated rings. The topological polar surface area (TPSA) is 68.5 Å². The second-order valence-corrected chi connectivity index (χ2v) is 6.06.